The van der Waals surface area contributed by atoms with Crippen LogP contribution in [0.25, 0.3) is 92.7 Å². The SMILES string of the molecule is CC(C)(C)c1cc2ccc3c4c5c(c6ccc(c1)c2c36)-n1c2ccc(C(C)(C)C)cc2c2cc(C(C)(C)C)cc(c21)B5n1c2c-4cc(C(C)(C)C)cc2c2cc(C(C)(C)C)cc(C(C)(C)C)c21. The summed E-state index contributed by atoms with van der Waals surface area (Å²) in [6, 6.07) is 37.8. The predicted molar refractivity (Wildman–Crippen MR) is 296 cm³/mol. The van der Waals surface area contributed by atoms with Crippen LogP contribution in [-0.4, -0.2) is 15.9 Å². The summed E-state index contributed by atoms with van der Waals surface area (Å²) < 4.78 is 5.62. The molecule has 0 spiro atoms. The van der Waals surface area contributed by atoms with Crippen molar-refractivity contribution in [2.75, 3.05) is 0 Å². The van der Waals surface area contributed by atoms with Crippen molar-refractivity contribution in [3.8, 4) is 16.8 Å². The fourth-order valence-electron chi connectivity index (χ4n) is 12.4. The lowest BCUT2D eigenvalue weighted by atomic mass is 9.44. The lowest BCUT2D eigenvalue weighted by molar-refractivity contribution is 0.572. The van der Waals surface area contributed by atoms with Crippen LogP contribution in [0.15, 0.2) is 91.0 Å². The summed E-state index contributed by atoms with van der Waals surface area (Å²) in [7, 11) is 0. The van der Waals surface area contributed by atoms with E-state index in [-0.39, 0.29) is 39.3 Å². The van der Waals surface area contributed by atoms with Gasteiger partial charge in [-0.25, -0.2) is 0 Å². The van der Waals surface area contributed by atoms with E-state index < -0.39 is 0 Å². The van der Waals surface area contributed by atoms with E-state index in [1.165, 1.54) is 137 Å². The maximum absolute atomic E-state index is 2.88. The van der Waals surface area contributed by atoms with Gasteiger partial charge in [-0.1, -0.05) is 179 Å². The normalized spacial score (nSPS) is 14.7. The Morgan fingerprint density at radius 3 is 1.43 bits per heavy atom. The summed E-state index contributed by atoms with van der Waals surface area (Å²) in [5.74, 6) is 0. The van der Waals surface area contributed by atoms with Crippen molar-refractivity contribution in [2.45, 2.75) is 157 Å². The molecule has 0 amide bonds. The van der Waals surface area contributed by atoms with Gasteiger partial charge >= 0.3 is 6.85 Å². The van der Waals surface area contributed by atoms with Crippen molar-refractivity contribution in [2.24, 2.45) is 0 Å². The van der Waals surface area contributed by atoms with Crippen LogP contribution >= 0.6 is 0 Å². The Bertz CT molecular complexity index is 3820. The predicted octanol–water partition coefficient (Wildman–Crippen LogP) is 16.5. The molecule has 0 unspecified atom stereocenters. The summed E-state index contributed by atoms with van der Waals surface area (Å²) in [5.41, 5.74) is 20.5. The zero-order valence-corrected chi connectivity index (χ0v) is 43.6. The van der Waals surface area contributed by atoms with Crippen LogP contribution < -0.4 is 10.9 Å². The largest absolute Gasteiger partial charge is 0.375 e. The van der Waals surface area contributed by atoms with Gasteiger partial charge in [-0.3, -0.25) is 0 Å². The molecule has 0 saturated heterocycles. The zero-order chi connectivity index (χ0) is 47.8. The van der Waals surface area contributed by atoms with Crippen molar-refractivity contribution < 1.29 is 0 Å². The molecule has 338 valence electrons. The van der Waals surface area contributed by atoms with Gasteiger partial charge in [-0.15, -0.1) is 0 Å². The molecule has 67 heavy (non-hydrogen) atoms. The summed E-state index contributed by atoms with van der Waals surface area (Å²) >= 11 is 0. The Hall–Kier alpha value is -5.54. The Balaban J connectivity index is 1.41. The first kappa shape index (κ1) is 42.8. The third-order valence-corrected chi connectivity index (χ3v) is 16.2. The van der Waals surface area contributed by atoms with Crippen molar-refractivity contribution in [1.82, 2.24) is 9.05 Å². The number of rotatable bonds is 0. The fraction of sp³-hybridized carbons (Fsp3) is 0.375. The van der Waals surface area contributed by atoms with Gasteiger partial charge in [0.1, 0.15) is 0 Å². The van der Waals surface area contributed by atoms with Crippen molar-refractivity contribution in [1.29, 1.82) is 0 Å². The second-order valence-electron chi connectivity index (χ2n) is 27.2. The van der Waals surface area contributed by atoms with Crippen LogP contribution in [0.5, 0.6) is 0 Å². The van der Waals surface area contributed by atoms with Gasteiger partial charge in [0.2, 0.25) is 0 Å². The molecule has 0 aliphatic carbocycles. The van der Waals surface area contributed by atoms with E-state index in [0.717, 1.165) is 0 Å². The third kappa shape index (κ3) is 5.76. The van der Waals surface area contributed by atoms with E-state index in [4.69, 9.17) is 0 Å². The molecule has 2 aliphatic rings. The maximum atomic E-state index is 2.88. The van der Waals surface area contributed by atoms with Crippen LogP contribution in [0.3, 0.4) is 0 Å². The van der Waals surface area contributed by atoms with Gasteiger partial charge in [0.05, 0.1) is 16.7 Å². The minimum Gasteiger partial charge on any atom is -0.375 e. The molecule has 2 nitrogen and oxygen atoms in total. The van der Waals surface area contributed by atoms with Gasteiger partial charge in [-0.05, 0) is 140 Å². The average Bonchev–Trinajstić information content (AvgIpc) is 3.73. The Morgan fingerprint density at radius 1 is 0.373 bits per heavy atom. The first-order valence-corrected chi connectivity index (χ1v) is 25.1. The molecule has 2 aromatic heterocycles. The highest BCUT2D eigenvalue weighted by molar-refractivity contribution is 6.90. The van der Waals surface area contributed by atoms with E-state index in [1.807, 2.05) is 0 Å². The van der Waals surface area contributed by atoms with Gasteiger partial charge < -0.3 is 9.05 Å². The summed E-state index contributed by atoms with van der Waals surface area (Å²) in [6.45, 7) is 42.9. The smallest absolute Gasteiger partial charge is 0.333 e. The van der Waals surface area contributed by atoms with Crippen LogP contribution in [0, 0.1) is 0 Å². The monoisotopic (exact) mass is 877 g/mol. The number of aromatic nitrogens is 2. The second kappa shape index (κ2) is 12.8. The van der Waals surface area contributed by atoms with Gasteiger partial charge in [0, 0.05) is 48.9 Å². The summed E-state index contributed by atoms with van der Waals surface area (Å²) in [5, 5.41) is 13.6. The lowest BCUT2D eigenvalue weighted by Crippen LogP contribution is -2.56. The topological polar surface area (TPSA) is 9.86 Å². The van der Waals surface area contributed by atoms with Crippen LogP contribution in [0.1, 0.15) is 158 Å². The molecular formula is C64H69BN2. The van der Waals surface area contributed by atoms with E-state index in [1.54, 1.807) is 0 Å². The number of fused-ring (bicyclic) bond motifs is 12. The van der Waals surface area contributed by atoms with E-state index in [9.17, 15) is 0 Å². The van der Waals surface area contributed by atoms with Crippen molar-refractivity contribution in [3.05, 3.63) is 124 Å². The first-order chi connectivity index (χ1) is 31.0. The molecule has 0 atom stereocenters. The number of nitrogens with zero attached hydrogens (tertiary/aromatic N) is 2. The molecule has 12 rings (SSSR count). The van der Waals surface area contributed by atoms with Crippen LogP contribution in [0.4, 0.5) is 0 Å². The highest BCUT2D eigenvalue weighted by Crippen LogP contribution is 2.52. The third-order valence-electron chi connectivity index (χ3n) is 16.2. The highest BCUT2D eigenvalue weighted by Gasteiger charge is 2.45. The van der Waals surface area contributed by atoms with Crippen LogP contribution in [0.2, 0.25) is 0 Å². The quantitative estimate of drug-likeness (QED) is 0.106. The van der Waals surface area contributed by atoms with Gasteiger partial charge in [-0.2, -0.15) is 0 Å². The minimum absolute atomic E-state index is 0.00722. The Labute approximate surface area is 399 Å². The molecule has 0 saturated carbocycles. The Kier molecular flexibility index (Phi) is 8.15. The number of hydrogen-bond donors (Lipinski definition) is 0. The van der Waals surface area contributed by atoms with Crippen molar-refractivity contribution >= 4 is 93.7 Å². The van der Waals surface area contributed by atoms with Crippen LogP contribution in [-0.2, 0) is 32.5 Å². The fourth-order valence-corrected chi connectivity index (χ4v) is 12.4. The van der Waals surface area contributed by atoms with Crippen molar-refractivity contribution in [3.63, 3.8) is 0 Å². The molecule has 2 aliphatic heterocycles. The zero-order valence-electron chi connectivity index (χ0n) is 43.6. The molecule has 10 aromatic rings. The highest BCUT2D eigenvalue weighted by atomic mass is 15.0. The second-order valence-corrected chi connectivity index (χ2v) is 27.2. The van der Waals surface area contributed by atoms with Gasteiger partial charge in [0.25, 0.3) is 0 Å². The van der Waals surface area contributed by atoms with E-state index in [2.05, 4.69) is 225 Å². The first-order valence-electron chi connectivity index (χ1n) is 25.1. The summed E-state index contributed by atoms with van der Waals surface area (Å²) in [6.07, 6.45) is 0. The Morgan fingerprint density at radius 2 is 0.866 bits per heavy atom. The van der Waals surface area contributed by atoms with E-state index in [0.29, 0.717) is 0 Å². The standard InChI is InChI=1S/C64H69BN2/c1-59(2,3)36-21-24-50-43(27-36)44-30-40(63(13,14)15)33-49-57(44)66(50)58-42-23-20-35-26-37(60(4,5)6)25-34-19-22-41(52(42)51(34)35)53-47-31-38(61(7,8)9)28-45-46-29-39(62(10,11)12)32-48(64(16,17)18)56(46)67(55(45)47)65(49)54(53)58/h19-33H,1-18H3. The number of benzene rings is 8. The molecule has 0 radical (unpaired) electrons. The molecular weight excluding hydrogens is 808 g/mol. The van der Waals surface area contributed by atoms with Gasteiger partial charge in [0.15, 0.2) is 0 Å². The number of hydrogen-bond acceptors (Lipinski definition) is 0. The molecule has 8 aromatic carbocycles. The van der Waals surface area contributed by atoms with E-state index >= 15 is 0 Å². The minimum atomic E-state index is -0.113. The maximum Gasteiger partial charge on any atom is 0.333 e. The lowest BCUT2D eigenvalue weighted by Gasteiger charge is -2.38. The molecule has 3 heteroatoms. The molecule has 0 bridgehead atoms. The molecule has 4 heterocycles. The molecule has 0 N–H and O–H groups in total. The summed E-state index contributed by atoms with van der Waals surface area (Å²) in [4.78, 5) is 0. The average molecular weight is 877 g/mol. The molecule has 0 fully saturated rings.